The van der Waals surface area contributed by atoms with Gasteiger partial charge < -0.3 is 15.1 Å². The van der Waals surface area contributed by atoms with E-state index in [1.54, 1.807) is 0 Å². The van der Waals surface area contributed by atoms with Gasteiger partial charge in [0.1, 0.15) is 0 Å². The summed E-state index contributed by atoms with van der Waals surface area (Å²) in [6.07, 6.45) is 8.08. The average Bonchev–Trinajstić information content (AvgIpc) is 3.60. The maximum Gasteiger partial charge on any atom is 0.236 e. The lowest BCUT2D eigenvalue weighted by Crippen LogP contribution is -2.54. The van der Waals surface area contributed by atoms with E-state index in [2.05, 4.69) is 20.1 Å². The molecule has 4 aliphatic rings. The van der Waals surface area contributed by atoms with E-state index in [1.165, 1.54) is 38.5 Å². The number of guanidine groups is 1. The Morgan fingerprint density at radius 2 is 1.58 bits per heavy atom. The van der Waals surface area contributed by atoms with Gasteiger partial charge in [0.25, 0.3) is 0 Å². The lowest BCUT2D eigenvalue weighted by atomic mass is 9.98. The van der Waals surface area contributed by atoms with Crippen LogP contribution >= 0.6 is 0 Å². The summed E-state index contributed by atoms with van der Waals surface area (Å²) < 4.78 is 0. The third-order valence-corrected chi connectivity index (χ3v) is 6.65. The molecule has 6 nitrogen and oxygen atoms in total. The summed E-state index contributed by atoms with van der Waals surface area (Å²) in [5, 5.41) is 3.66. The van der Waals surface area contributed by atoms with Crippen LogP contribution in [0.5, 0.6) is 0 Å². The fourth-order valence-electron chi connectivity index (χ4n) is 4.68. The van der Waals surface area contributed by atoms with Gasteiger partial charge in [0.05, 0.1) is 6.54 Å². The van der Waals surface area contributed by atoms with Gasteiger partial charge in [-0.05, 0) is 56.3 Å². The van der Waals surface area contributed by atoms with Crippen molar-refractivity contribution in [2.45, 2.75) is 38.5 Å². The second kappa shape index (κ2) is 8.15. The Morgan fingerprint density at radius 3 is 2.12 bits per heavy atom. The molecule has 2 saturated carbocycles. The molecule has 4 fully saturated rings. The third-order valence-electron chi connectivity index (χ3n) is 6.65. The van der Waals surface area contributed by atoms with Crippen LogP contribution < -0.4 is 5.32 Å². The van der Waals surface area contributed by atoms with Crippen molar-refractivity contribution in [1.29, 1.82) is 0 Å². The average molecular weight is 362 g/mol. The summed E-state index contributed by atoms with van der Waals surface area (Å²) in [7, 11) is 1.90. The first kappa shape index (κ1) is 18.1. The standard InChI is InChI=1S/C20H35N5O/c1-21-20(22-14-18(16-4-5-16)17-6-7-17)25-12-10-23(11-13-25)15-19(26)24-8-2-3-9-24/h16-18H,2-15H2,1H3,(H,21,22). The highest BCUT2D eigenvalue weighted by atomic mass is 16.2. The lowest BCUT2D eigenvalue weighted by molar-refractivity contribution is -0.131. The highest BCUT2D eigenvalue weighted by Gasteiger charge is 2.41. The van der Waals surface area contributed by atoms with Crippen LogP contribution in [0.15, 0.2) is 4.99 Å². The fourth-order valence-corrected chi connectivity index (χ4v) is 4.68. The number of hydrogen-bond acceptors (Lipinski definition) is 3. The number of aliphatic imine (C=N–C) groups is 1. The molecule has 0 aromatic carbocycles. The number of carbonyl (C=O) groups is 1. The predicted molar refractivity (Wildman–Crippen MR) is 104 cm³/mol. The van der Waals surface area contributed by atoms with Crippen molar-refractivity contribution in [3.63, 3.8) is 0 Å². The van der Waals surface area contributed by atoms with E-state index in [0.29, 0.717) is 12.5 Å². The number of rotatable bonds is 6. The summed E-state index contributed by atoms with van der Waals surface area (Å²) in [5.41, 5.74) is 0. The molecule has 146 valence electrons. The summed E-state index contributed by atoms with van der Waals surface area (Å²) in [6.45, 7) is 7.43. The lowest BCUT2D eigenvalue weighted by Gasteiger charge is -2.37. The van der Waals surface area contributed by atoms with E-state index in [9.17, 15) is 4.79 Å². The van der Waals surface area contributed by atoms with E-state index in [-0.39, 0.29) is 0 Å². The molecule has 2 heterocycles. The molecule has 0 aromatic rings. The van der Waals surface area contributed by atoms with Crippen LogP contribution in [-0.2, 0) is 4.79 Å². The van der Waals surface area contributed by atoms with Crippen molar-refractivity contribution in [2.75, 3.05) is 59.4 Å². The van der Waals surface area contributed by atoms with Gasteiger partial charge in [-0.2, -0.15) is 0 Å². The van der Waals surface area contributed by atoms with E-state index in [4.69, 9.17) is 0 Å². The Hall–Kier alpha value is -1.30. The second-order valence-corrected chi connectivity index (χ2v) is 8.62. The van der Waals surface area contributed by atoms with Gasteiger partial charge in [-0.3, -0.25) is 14.7 Å². The van der Waals surface area contributed by atoms with Crippen LogP contribution in [0, 0.1) is 17.8 Å². The number of hydrogen-bond donors (Lipinski definition) is 1. The SMILES string of the molecule is CN=C(NCC(C1CC1)C1CC1)N1CCN(CC(=O)N2CCCC2)CC1. The maximum atomic E-state index is 12.3. The largest absolute Gasteiger partial charge is 0.356 e. The molecule has 4 rings (SSSR count). The first-order chi connectivity index (χ1) is 12.7. The molecule has 0 spiro atoms. The minimum atomic E-state index is 0.315. The molecule has 1 N–H and O–H groups in total. The van der Waals surface area contributed by atoms with Gasteiger partial charge in [-0.1, -0.05) is 0 Å². The van der Waals surface area contributed by atoms with E-state index in [1.807, 2.05) is 11.9 Å². The molecular weight excluding hydrogens is 326 g/mol. The molecule has 0 unspecified atom stereocenters. The Bertz CT molecular complexity index is 502. The van der Waals surface area contributed by atoms with Crippen LogP contribution in [0.25, 0.3) is 0 Å². The van der Waals surface area contributed by atoms with E-state index < -0.39 is 0 Å². The number of amides is 1. The number of carbonyl (C=O) groups excluding carboxylic acids is 1. The first-order valence-electron chi connectivity index (χ1n) is 10.7. The predicted octanol–water partition coefficient (Wildman–Crippen LogP) is 1.24. The summed E-state index contributed by atoms with van der Waals surface area (Å²) in [6, 6.07) is 0. The van der Waals surface area contributed by atoms with Gasteiger partial charge in [-0.15, -0.1) is 0 Å². The van der Waals surface area contributed by atoms with Gasteiger partial charge in [0.15, 0.2) is 5.96 Å². The van der Waals surface area contributed by atoms with Crippen molar-refractivity contribution in [2.24, 2.45) is 22.7 Å². The van der Waals surface area contributed by atoms with Crippen molar-refractivity contribution in [1.82, 2.24) is 20.0 Å². The molecule has 0 bridgehead atoms. The zero-order valence-corrected chi connectivity index (χ0v) is 16.3. The molecule has 6 heteroatoms. The van der Waals surface area contributed by atoms with Crippen molar-refractivity contribution >= 4 is 11.9 Å². The van der Waals surface area contributed by atoms with Crippen molar-refractivity contribution in [3.8, 4) is 0 Å². The number of likely N-dealkylation sites (tertiary alicyclic amines) is 1. The minimum absolute atomic E-state index is 0.315. The van der Waals surface area contributed by atoms with Gasteiger partial charge in [0.2, 0.25) is 5.91 Å². The monoisotopic (exact) mass is 361 g/mol. The Kier molecular flexibility index (Phi) is 5.67. The molecule has 0 atom stereocenters. The molecular formula is C20H35N5O. The minimum Gasteiger partial charge on any atom is -0.356 e. The van der Waals surface area contributed by atoms with E-state index in [0.717, 1.165) is 69.5 Å². The zero-order valence-electron chi connectivity index (χ0n) is 16.3. The van der Waals surface area contributed by atoms with Crippen LogP contribution in [-0.4, -0.2) is 86.0 Å². The fraction of sp³-hybridized carbons (Fsp3) is 0.900. The van der Waals surface area contributed by atoms with Gasteiger partial charge >= 0.3 is 0 Å². The Balaban J connectivity index is 1.20. The number of nitrogens with one attached hydrogen (secondary N) is 1. The Morgan fingerprint density at radius 1 is 0.962 bits per heavy atom. The molecule has 1 amide bonds. The van der Waals surface area contributed by atoms with Crippen molar-refractivity contribution in [3.05, 3.63) is 0 Å². The normalized spacial score (nSPS) is 25.2. The zero-order chi connectivity index (χ0) is 17.9. The quantitative estimate of drug-likeness (QED) is 0.571. The van der Waals surface area contributed by atoms with Gasteiger partial charge in [-0.25, -0.2) is 0 Å². The van der Waals surface area contributed by atoms with Crippen molar-refractivity contribution < 1.29 is 4.79 Å². The maximum absolute atomic E-state index is 12.3. The summed E-state index contributed by atoms with van der Waals surface area (Å²) >= 11 is 0. The summed E-state index contributed by atoms with van der Waals surface area (Å²) in [5.74, 6) is 4.19. The Labute approximate surface area is 158 Å². The van der Waals surface area contributed by atoms with Crippen LogP contribution in [0.1, 0.15) is 38.5 Å². The van der Waals surface area contributed by atoms with E-state index >= 15 is 0 Å². The molecule has 2 aliphatic heterocycles. The highest BCUT2D eigenvalue weighted by molar-refractivity contribution is 5.80. The van der Waals surface area contributed by atoms with Crippen LogP contribution in [0.2, 0.25) is 0 Å². The number of piperazine rings is 1. The smallest absolute Gasteiger partial charge is 0.236 e. The van der Waals surface area contributed by atoms with Crippen LogP contribution in [0.3, 0.4) is 0 Å². The topological polar surface area (TPSA) is 51.2 Å². The number of nitrogens with zero attached hydrogens (tertiary/aromatic N) is 4. The molecule has 0 radical (unpaired) electrons. The highest BCUT2D eigenvalue weighted by Crippen LogP contribution is 2.48. The summed E-state index contributed by atoms with van der Waals surface area (Å²) in [4.78, 5) is 23.6. The molecule has 26 heavy (non-hydrogen) atoms. The molecule has 2 aliphatic carbocycles. The third kappa shape index (κ3) is 4.51. The molecule has 0 aromatic heterocycles. The van der Waals surface area contributed by atoms with Gasteiger partial charge in [0, 0.05) is 52.9 Å². The molecule has 2 saturated heterocycles. The van der Waals surface area contributed by atoms with Crippen LogP contribution in [0.4, 0.5) is 0 Å². The first-order valence-corrected chi connectivity index (χ1v) is 10.7. The second-order valence-electron chi connectivity index (χ2n) is 8.62.